The number of nitrogens with one attached hydrogen (secondary N) is 1. The number of carbonyl (C=O) groups excluding carboxylic acids is 1. The van der Waals surface area contributed by atoms with Crippen LogP contribution in [0, 0.1) is 5.82 Å². The Labute approximate surface area is 157 Å². The van der Waals surface area contributed by atoms with Crippen molar-refractivity contribution >= 4 is 15.9 Å². The highest BCUT2D eigenvalue weighted by atomic mass is 32.2. The van der Waals surface area contributed by atoms with Crippen LogP contribution in [0.25, 0.3) is 0 Å². The minimum absolute atomic E-state index is 0.00201. The minimum Gasteiger partial charge on any atom is -0.378 e. The van der Waals surface area contributed by atoms with Crippen molar-refractivity contribution in [2.45, 2.75) is 36.2 Å². The van der Waals surface area contributed by atoms with E-state index in [1.165, 1.54) is 12.1 Å². The molecule has 144 valence electrons. The molecule has 0 radical (unpaired) electrons. The third-order valence-electron chi connectivity index (χ3n) is 4.88. The number of aliphatic hydroxyl groups excluding tert-OH is 1. The van der Waals surface area contributed by atoms with Gasteiger partial charge in [-0.1, -0.05) is 18.2 Å². The summed E-state index contributed by atoms with van der Waals surface area (Å²) in [6, 6.07) is 9.90. The quantitative estimate of drug-likeness (QED) is 0.696. The smallest absolute Gasteiger partial charge is 0.250 e. The van der Waals surface area contributed by atoms with Crippen molar-refractivity contribution in [3.63, 3.8) is 0 Å². The van der Waals surface area contributed by atoms with Gasteiger partial charge in [0, 0.05) is 6.54 Å². The number of carbonyl (C=O) groups is 1. The van der Waals surface area contributed by atoms with E-state index in [2.05, 4.69) is 4.72 Å². The van der Waals surface area contributed by atoms with Gasteiger partial charge in [0.15, 0.2) is 6.10 Å². The van der Waals surface area contributed by atoms with Gasteiger partial charge in [0.25, 0.3) is 5.91 Å². The lowest BCUT2D eigenvalue weighted by atomic mass is 9.80. The Morgan fingerprint density at radius 1 is 1.26 bits per heavy atom. The van der Waals surface area contributed by atoms with Crippen molar-refractivity contribution in [1.82, 2.24) is 4.72 Å². The first-order valence-electron chi connectivity index (χ1n) is 8.64. The lowest BCUT2D eigenvalue weighted by Gasteiger charge is -2.28. The number of hydrogen-bond donors (Lipinski definition) is 3. The maximum absolute atomic E-state index is 13.0. The standard InChI is InChI=1S/C19H21FN2O4S/c20-13-7-9-14(10-8-13)27(25,26)22-11-12-3-1-5-16-15(12)4-2-6-17(16)18(23)19(21)24/h2,4,6-10,12,18,22-23H,1,3,5,11H2,(H2,21,24). The highest BCUT2D eigenvalue weighted by molar-refractivity contribution is 7.89. The molecule has 27 heavy (non-hydrogen) atoms. The second-order valence-electron chi connectivity index (χ2n) is 6.61. The van der Waals surface area contributed by atoms with Gasteiger partial charge in [0.05, 0.1) is 4.90 Å². The number of aliphatic hydroxyl groups is 1. The second-order valence-corrected chi connectivity index (χ2v) is 8.38. The van der Waals surface area contributed by atoms with Crippen LogP contribution in [0.15, 0.2) is 47.4 Å². The fraction of sp³-hybridized carbons (Fsp3) is 0.316. The number of halogens is 1. The molecule has 0 aliphatic heterocycles. The monoisotopic (exact) mass is 392 g/mol. The van der Waals surface area contributed by atoms with Gasteiger partial charge in [-0.3, -0.25) is 4.79 Å². The molecule has 6 nitrogen and oxygen atoms in total. The molecular weight excluding hydrogens is 371 g/mol. The summed E-state index contributed by atoms with van der Waals surface area (Å²) in [4.78, 5) is 11.4. The van der Waals surface area contributed by atoms with Crippen LogP contribution in [0.4, 0.5) is 4.39 Å². The van der Waals surface area contributed by atoms with Crippen LogP contribution in [-0.4, -0.2) is 26.0 Å². The molecule has 0 spiro atoms. The van der Waals surface area contributed by atoms with Crippen LogP contribution < -0.4 is 10.5 Å². The molecule has 0 saturated heterocycles. The van der Waals surface area contributed by atoms with E-state index in [1.807, 2.05) is 6.07 Å². The Balaban J connectivity index is 1.81. The zero-order valence-electron chi connectivity index (χ0n) is 14.6. The Morgan fingerprint density at radius 2 is 1.96 bits per heavy atom. The third-order valence-corrected chi connectivity index (χ3v) is 6.31. The van der Waals surface area contributed by atoms with E-state index >= 15 is 0 Å². The van der Waals surface area contributed by atoms with Crippen molar-refractivity contribution in [2.24, 2.45) is 5.73 Å². The summed E-state index contributed by atoms with van der Waals surface area (Å²) in [6.07, 6.45) is 0.888. The van der Waals surface area contributed by atoms with E-state index in [4.69, 9.17) is 5.73 Å². The van der Waals surface area contributed by atoms with Gasteiger partial charge in [-0.15, -0.1) is 0 Å². The number of nitrogens with two attached hydrogens (primary N) is 1. The van der Waals surface area contributed by atoms with Crippen LogP contribution >= 0.6 is 0 Å². The summed E-state index contributed by atoms with van der Waals surface area (Å²) in [5.41, 5.74) is 7.45. The van der Waals surface area contributed by atoms with Crippen molar-refractivity contribution in [3.8, 4) is 0 Å². The Bertz CT molecular complexity index is 945. The van der Waals surface area contributed by atoms with Crippen LogP contribution in [-0.2, 0) is 21.2 Å². The number of primary amides is 1. The van der Waals surface area contributed by atoms with E-state index in [0.29, 0.717) is 12.0 Å². The molecule has 0 fully saturated rings. The number of amides is 1. The fourth-order valence-electron chi connectivity index (χ4n) is 3.50. The Hall–Kier alpha value is -2.29. The molecule has 3 rings (SSSR count). The molecule has 2 atom stereocenters. The number of rotatable bonds is 6. The average molecular weight is 392 g/mol. The van der Waals surface area contributed by atoms with Crippen LogP contribution in [0.5, 0.6) is 0 Å². The first-order valence-corrected chi connectivity index (χ1v) is 10.1. The van der Waals surface area contributed by atoms with Gasteiger partial charge in [-0.05, 0) is 66.1 Å². The first kappa shape index (κ1) is 19.5. The predicted molar refractivity (Wildman–Crippen MR) is 97.9 cm³/mol. The van der Waals surface area contributed by atoms with Crippen molar-refractivity contribution in [3.05, 3.63) is 65.0 Å². The largest absolute Gasteiger partial charge is 0.378 e. The Kier molecular flexibility index (Phi) is 5.59. The summed E-state index contributed by atoms with van der Waals surface area (Å²) in [7, 11) is -3.76. The number of hydrogen-bond acceptors (Lipinski definition) is 4. The van der Waals surface area contributed by atoms with Crippen molar-refractivity contribution in [2.75, 3.05) is 6.54 Å². The molecule has 0 saturated carbocycles. The number of benzene rings is 2. The number of sulfonamides is 1. The maximum Gasteiger partial charge on any atom is 0.250 e. The minimum atomic E-state index is -3.76. The van der Waals surface area contributed by atoms with Gasteiger partial charge in [-0.2, -0.15) is 0 Å². The van der Waals surface area contributed by atoms with Crippen LogP contribution in [0.1, 0.15) is 41.6 Å². The third kappa shape index (κ3) is 4.18. The van der Waals surface area contributed by atoms with Gasteiger partial charge in [-0.25, -0.2) is 17.5 Å². The molecule has 2 aromatic rings. The molecule has 1 aliphatic carbocycles. The maximum atomic E-state index is 13.0. The molecule has 1 amide bonds. The lowest BCUT2D eigenvalue weighted by molar-refractivity contribution is -0.126. The molecular formula is C19H21FN2O4S. The molecule has 0 heterocycles. The van der Waals surface area contributed by atoms with Gasteiger partial charge >= 0.3 is 0 Å². The summed E-state index contributed by atoms with van der Waals surface area (Å²) < 4.78 is 40.4. The van der Waals surface area contributed by atoms with Crippen molar-refractivity contribution < 1.29 is 22.7 Å². The molecule has 0 aromatic heterocycles. The molecule has 2 unspecified atom stereocenters. The zero-order chi connectivity index (χ0) is 19.6. The number of fused-ring (bicyclic) bond motifs is 1. The normalized spacial score (nSPS) is 17.9. The lowest BCUT2D eigenvalue weighted by Crippen LogP contribution is -2.31. The fourth-order valence-corrected chi connectivity index (χ4v) is 4.59. The summed E-state index contributed by atoms with van der Waals surface area (Å²) >= 11 is 0. The molecule has 1 aliphatic rings. The van der Waals surface area contributed by atoms with E-state index in [-0.39, 0.29) is 17.4 Å². The van der Waals surface area contributed by atoms with Crippen LogP contribution in [0.3, 0.4) is 0 Å². The molecule has 2 aromatic carbocycles. The summed E-state index contributed by atoms with van der Waals surface area (Å²) in [5.74, 6) is -1.41. The zero-order valence-corrected chi connectivity index (χ0v) is 15.4. The topological polar surface area (TPSA) is 109 Å². The first-order chi connectivity index (χ1) is 12.8. The van der Waals surface area contributed by atoms with E-state index in [9.17, 15) is 22.7 Å². The van der Waals surface area contributed by atoms with E-state index in [0.717, 1.165) is 36.1 Å². The predicted octanol–water partition coefficient (Wildman–Crippen LogP) is 1.74. The van der Waals surface area contributed by atoms with Gasteiger partial charge in [0.2, 0.25) is 10.0 Å². The summed E-state index contributed by atoms with van der Waals surface area (Å²) in [5, 5.41) is 10.1. The van der Waals surface area contributed by atoms with Gasteiger partial charge in [0.1, 0.15) is 5.82 Å². The SMILES string of the molecule is NC(=O)C(O)c1cccc2c1CCCC2CNS(=O)(=O)c1ccc(F)cc1. The highest BCUT2D eigenvalue weighted by Crippen LogP contribution is 2.35. The average Bonchev–Trinajstić information content (AvgIpc) is 2.65. The second kappa shape index (κ2) is 7.75. The molecule has 8 heteroatoms. The van der Waals surface area contributed by atoms with Crippen LogP contribution in [0.2, 0.25) is 0 Å². The molecule has 0 bridgehead atoms. The Morgan fingerprint density at radius 3 is 2.63 bits per heavy atom. The van der Waals surface area contributed by atoms with Gasteiger partial charge < -0.3 is 10.8 Å². The van der Waals surface area contributed by atoms with Crippen molar-refractivity contribution in [1.29, 1.82) is 0 Å². The molecule has 4 N–H and O–H groups in total. The highest BCUT2D eigenvalue weighted by Gasteiger charge is 2.27. The summed E-state index contributed by atoms with van der Waals surface area (Å²) in [6.45, 7) is 0.169. The van der Waals surface area contributed by atoms with E-state index < -0.39 is 27.9 Å². The van der Waals surface area contributed by atoms with E-state index in [1.54, 1.807) is 12.1 Å².